The Morgan fingerprint density at radius 3 is 2.60 bits per heavy atom. The van der Waals surface area contributed by atoms with Crippen LogP contribution < -0.4 is 5.32 Å². The fourth-order valence-corrected chi connectivity index (χ4v) is 6.43. The number of benzene rings is 1. The average molecular weight is 478 g/mol. The van der Waals surface area contributed by atoms with Crippen LogP contribution in [0.3, 0.4) is 0 Å². The molecule has 3 aliphatic heterocycles. The van der Waals surface area contributed by atoms with Crippen molar-refractivity contribution >= 4 is 17.7 Å². The number of aromatic nitrogens is 2. The van der Waals surface area contributed by atoms with Crippen molar-refractivity contribution in [2.24, 2.45) is 11.8 Å². The lowest BCUT2D eigenvalue weighted by molar-refractivity contribution is -0.939. The molecule has 2 aromatic rings. The zero-order chi connectivity index (χ0) is 24.3. The van der Waals surface area contributed by atoms with Crippen LogP contribution in [0.2, 0.25) is 0 Å². The molecule has 3 atom stereocenters. The van der Waals surface area contributed by atoms with E-state index in [-0.39, 0.29) is 23.9 Å². The number of hydrogen-bond acceptors (Lipinski definition) is 5. The Balaban J connectivity index is 1.16. The van der Waals surface area contributed by atoms with Gasteiger partial charge in [-0.2, -0.15) is 0 Å². The largest absolute Gasteiger partial charge is 0.456 e. The van der Waals surface area contributed by atoms with Gasteiger partial charge in [-0.1, -0.05) is 36.8 Å². The van der Waals surface area contributed by atoms with Crippen molar-refractivity contribution < 1.29 is 18.8 Å². The zero-order valence-corrected chi connectivity index (χ0v) is 20.7. The number of carbonyl (C=O) groups is 2. The van der Waals surface area contributed by atoms with Crippen molar-refractivity contribution in [1.82, 2.24) is 9.97 Å². The molecule has 7 heteroatoms. The maximum absolute atomic E-state index is 13.2. The molecule has 6 rings (SSSR count). The zero-order valence-electron chi connectivity index (χ0n) is 20.7. The molecule has 1 N–H and O–H groups in total. The van der Waals surface area contributed by atoms with Crippen LogP contribution in [0.4, 0.5) is 5.82 Å². The number of ether oxygens (including phenoxy) is 1. The highest BCUT2D eigenvalue weighted by Crippen LogP contribution is 2.38. The van der Waals surface area contributed by atoms with Crippen molar-refractivity contribution in [2.75, 3.05) is 31.5 Å². The number of amides is 1. The van der Waals surface area contributed by atoms with Crippen LogP contribution in [0.25, 0.3) is 0 Å². The Morgan fingerprint density at radius 1 is 1.03 bits per heavy atom. The third kappa shape index (κ3) is 5.72. The second kappa shape index (κ2) is 10.4. The van der Waals surface area contributed by atoms with Gasteiger partial charge < -0.3 is 14.5 Å². The van der Waals surface area contributed by atoms with Crippen molar-refractivity contribution in [2.45, 2.75) is 63.9 Å². The number of carbonyl (C=O) groups excluding carboxylic acids is 2. The molecule has 0 radical (unpaired) electrons. The maximum atomic E-state index is 13.2. The summed E-state index contributed by atoms with van der Waals surface area (Å²) in [5.74, 6) is 1.45. The highest BCUT2D eigenvalue weighted by molar-refractivity contribution is 5.90. The number of nitrogens with zero attached hydrogens (tertiary/aromatic N) is 3. The summed E-state index contributed by atoms with van der Waals surface area (Å²) in [7, 11) is 0. The van der Waals surface area contributed by atoms with Gasteiger partial charge in [0, 0.05) is 30.5 Å². The average Bonchev–Trinajstić information content (AvgIpc) is 3.11. The molecule has 1 aromatic heterocycles. The molecule has 4 aliphatic rings. The summed E-state index contributed by atoms with van der Waals surface area (Å²) < 4.78 is 6.89. The molecule has 35 heavy (non-hydrogen) atoms. The van der Waals surface area contributed by atoms with Crippen molar-refractivity contribution in [3.63, 3.8) is 0 Å². The number of piperidine rings is 3. The first kappa shape index (κ1) is 23.9. The van der Waals surface area contributed by atoms with E-state index in [0.717, 1.165) is 70.3 Å². The van der Waals surface area contributed by atoms with E-state index >= 15 is 0 Å². The summed E-state index contributed by atoms with van der Waals surface area (Å²) in [6.07, 6.45) is 8.48. The quantitative estimate of drug-likeness (QED) is 0.382. The van der Waals surface area contributed by atoms with Gasteiger partial charge in [-0.3, -0.25) is 9.59 Å². The molecular formula is C28H37N4O3+. The summed E-state index contributed by atoms with van der Waals surface area (Å²) in [6.45, 7) is 4.95. The summed E-state index contributed by atoms with van der Waals surface area (Å²) in [4.78, 5) is 34.3. The summed E-state index contributed by atoms with van der Waals surface area (Å²) in [5, 5.41) is 2.92. The topological polar surface area (TPSA) is 81.2 Å². The van der Waals surface area contributed by atoms with Gasteiger partial charge in [-0.15, -0.1) is 0 Å². The Labute approximate surface area is 207 Å². The van der Waals surface area contributed by atoms with Crippen molar-refractivity contribution in [3.05, 3.63) is 54.0 Å². The lowest BCUT2D eigenvalue weighted by atomic mass is 9.83. The lowest BCUT2D eigenvalue weighted by Gasteiger charge is -2.51. The van der Waals surface area contributed by atoms with E-state index in [1.807, 2.05) is 6.92 Å². The number of rotatable bonds is 6. The fourth-order valence-electron chi connectivity index (χ4n) is 6.43. The Hall–Kier alpha value is -2.80. The smallest absolute Gasteiger partial charge is 0.309 e. The molecule has 0 spiro atoms. The standard InChI is InChI=1S/C28H36N4O3/c1-20-16-26(30-19-29-20)31-27(33)18-32-14-12-23(13-15-32)25(17-32)35-28(34)24-9-5-8-22(10-11-24)21-6-3-2-4-7-21/h2-4,6-7,16,19,22-25H,5,8-15,17-18H2,1H3/p+1/t22?,23?,24?,25-,32?/m0/s1. The van der Waals surface area contributed by atoms with Crippen molar-refractivity contribution in [3.8, 4) is 0 Å². The SMILES string of the molecule is Cc1cc(NC(=O)C[N+]23CCC(CC2)[C@@H](OC(=O)C2CCCC(c4ccccc4)CC2)C3)ncn1. The summed E-state index contributed by atoms with van der Waals surface area (Å²) >= 11 is 0. The number of fused-ring (bicyclic) bond motifs is 3. The molecule has 1 saturated carbocycles. The van der Waals surface area contributed by atoms with Gasteiger partial charge in [0.1, 0.15) is 18.7 Å². The molecule has 2 unspecified atom stereocenters. The van der Waals surface area contributed by atoms with Gasteiger partial charge in [0.25, 0.3) is 5.91 Å². The molecule has 3 saturated heterocycles. The third-order valence-corrected chi connectivity index (χ3v) is 8.43. The number of aryl methyl sites for hydroxylation is 1. The Kier molecular flexibility index (Phi) is 7.14. The molecule has 4 heterocycles. The predicted octanol–water partition coefficient (Wildman–Crippen LogP) is 4.24. The van der Waals surface area contributed by atoms with Gasteiger partial charge in [0.05, 0.1) is 19.0 Å². The van der Waals surface area contributed by atoms with E-state index in [9.17, 15) is 9.59 Å². The van der Waals surface area contributed by atoms with Gasteiger partial charge in [-0.25, -0.2) is 9.97 Å². The first-order chi connectivity index (χ1) is 17.0. The van der Waals surface area contributed by atoms with Crippen LogP contribution in [0.5, 0.6) is 0 Å². The summed E-state index contributed by atoms with van der Waals surface area (Å²) in [6, 6.07) is 12.5. The Morgan fingerprint density at radius 2 is 1.83 bits per heavy atom. The highest BCUT2D eigenvalue weighted by Gasteiger charge is 2.49. The van der Waals surface area contributed by atoms with Gasteiger partial charge in [-0.05, 0) is 44.1 Å². The number of nitrogens with one attached hydrogen (secondary N) is 1. The van der Waals surface area contributed by atoms with Crippen LogP contribution in [0.15, 0.2) is 42.7 Å². The van der Waals surface area contributed by atoms with Crippen LogP contribution in [0.1, 0.15) is 62.1 Å². The Bertz CT molecular complexity index is 1040. The molecule has 1 amide bonds. The number of quaternary nitrogens is 1. The van der Waals surface area contributed by atoms with E-state index in [1.165, 1.54) is 11.9 Å². The van der Waals surface area contributed by atoms with E-state index in [1.54, 1.807) is 6.07 Å². The summed E-state index contributed by atoms with van der Waals surface area (Å²) in [5.41, 5.74) is 2.21. The van der Waals surface area contributed by atoms with Gasteiger partial charge >= 0.3 is 5.97 Å². The van der Waals surface area contributed by atoms with Crippen LogP contribution in [0, 0.1) is 18.8 Å². The highest BCUT2D eigenvalue weighted by atomic mass is 16.5. The second-order valence-electron chi connectivity index (χ2n) is 10.8. The van der Waals surface area contributed by atoms with Crippen LogP contribution >= 0.6 is 0 Å². The molecule has 186 valence electrons. The van der Waals surface area contributed by atoms with Gasteiger partial charge in [0.15, 0.2) is 12.6 Å². The monoisotopic (exact) mass is 477 g/mol. The third-order valence-electron chi connectivity index (χ3n) is 8.43. The minimum atomic E-state index is -0.0766. The minimum Gasteiger partial charge on any atom is -0.456 e. The van der Waals surface area contributed by atoms with E-state index in [2.05, 4.69) is 45.6 Å². The molecule has 4 fully saturated rings. The first-order valence-corrected chi connectivity index (χ1v) is 13.2. The normalized spacial score (nSPS) is 30.3. The lowest BCUT2D eigenvalue weighted by Crippen LogP contribution is -2.66. The minimum absolute atomic E-state index is 0.00285. The molecule has 1 aliphatic carbocycles. The molecule has 2 bridgehead atoms. The van der Waals surface area contributed by atoms with E-state index < -0.39 is 0 Å². The molecule has 1 aromatic carbocycles. The van der Waals surface area contributed by atoms with Gasteiger partial charge in [0.2, 0.25) is 0 Å². The molecule has 7 nitrogen and oxygen atoms in total. The second-order valence-corrected chi connectivity index (χ2v) is 10.8. The first-order valence-electron chi connectivity index (χ1n) is 13.2. The van der Waals surface area contributed by atoms with Crippen LogP contribution in [-0.2, 0) is 14.3 Å². The van der Waals surface area contributed by atoms with E-state index in [0.29, 0.717) is 28.7 Å². The fraction of sp³-hybridized carbons (Fsp3) is 0.571. The molecular weight excluding hydrogens is 440 g/mol. The van der Waals surface area contributed by atoms with Crippen LogP contribution in [-0.4, -0.2) is 58.6 Å². The van der Waals surface area contributed by atoms with Crippen molar-refractivity contribution in [1.29, 1.82) is 0 Å². The number of hydrogen-bond donors (Lipinski definition) is 1. The number of esters is 1. The number of anilines is 1. The van der Waals surface area contributed by atoms with E-state index in [4.69, 9.17) is 4.74 Å². The maximum Gasteiger partial charge on any atom is 0.309 e. The predicted molar refractivity (Wildman–Crippen MR) is 133 cm³/mol.